The smallest absolute Gasteiger partial charge is 0.264 e. The lowest BCUT2D eigenvalue weighted by Crippen LogP contribution is -2.37. The number of hydrogen-bond acceptors (Lipinski definition) is 4. The van der Waals surface area contributed by atoms with Crippen molar-refractivity contribution < 1.29 is 14.3 Å². The van der Waals surface area contributed by atoms with Crippen LogP contribution in [0, 0.1) is 6.92 Å². The van der Waals surface area contributed by atoms with Gasteiger partial charge in [0.05, 0.1) is 5.69 Å². The van der Waals surface area contributed by atoms with Crippen LogP contribution in [0.15, 0.2) is 66.9 Å². The summed E-state index contributed by atoms with van der Waals surface area (Å²) in [5.41, 5.74) is 2.51. The molecule has 27 heavy (non-hydrogen) atoms. The first-order valence-corrected chi connectivity index (χ1v) is 8.53. The van der Waals surface area contributed by atoms with Gasteiger partial charge in [-0.05, 0) is 42.8 Å². The van der Waals surface area contributed by atoms with E-state index >= 15 is 0 Å². The second-order valence-electron chi connectivity index (χ2n) is 6.18. The van der Waals surface area contributed by atoms with Crippen LogP contribution < -0.4 is 15.0 Å². The zero-order chi connectivity index (χ0) is 18.8. The molecule has 0 radical (unpaired) electrons. The van der Waals surface area contributed by atoms with E-state index in [-0.39, 0.29) is 24.2 Å². The Morgan fingerprint density at radius 1 is 1.07 bits per heavy atom. The van der Waals surface area contributed by atoms with Crippen molar-refractivity contribution in [3.05, 3.63) is 78.0 Å². The van der Waals surface area contributed by atoms with Gasteiger partial charge in [-0.25, -0.2) is 4.98 Å². The van der Waals surface area contributed by atoms with Gasteiger partial charge in [0.25, 0.3) is 5.91 Å². The van der Waals surface area contributed by atoms with Gasteiger partial charge in [-0.15, -0.1) is 0 Å². The molecule has 0 bridgehead atoms. The molecular weight excluding hydrogens is 342 g/mol. The first-order valence-electron chi connectivity index (χ1n) is 8.53. The maximum absolute atomic E-state index is 13.1. The summed E-state index contributed by atoms with van der Waals surface area (Å²) in [5, 5.41) is 2.86. The number of pyridine rings is 1. The number of rotatable bonds is 3. The highest BCUT2D eigenvalue weighted by Crippen LogP contribution is 2.37. The number of aryl methyl sites for hydroxylation is 1. The van der Waals surface area contributed by atoms with Crippen molar-refractivity contribution in [2.24, 2.45) is 0 Å². The number of hydrogen-bond donors (Lipinski definition) is 1. The minimum Gasteiger partial charge on any atom is -0.436 e. The lowest BCUT2D eigenvalue weighted by Gasteiger charge is -2.21. The molecule has 2 aromatic carbocycles. The van der Waals surface area contributed by atoms with Gasteiger partial charge < -0.3 is 10.1 Å². The quantitative estimate of drug-likeness (QED) is 0.772. The largest absolute Gasteiger partial charge is 0.436 e. The lowest BCUT2D eigenvalue weighted by atomic mass is 10.2. The number of nitrogens with one attached hydrogen (secondary N) is 1. The Hall–Kier alpha value is -3.67. The SMILES string of the molecule is Cc1ccccc1NC(=O)CN1C(=O)c2cccnc2Oc2ccccc21. The first kappa shape index (κ1) is 16.8. The number of ether oxygens (including phenoxy) is 1. The van der Waals surface area contributed by atoms with E-state index in [0.29, 0.717) is 17.0 Å². The summed E-state index contributed by atoms with van der Waals surface area (Å²) in [6, 6.07) is 17.9. The summed E-state index contributed by atoms with van der Waals surface area (Å²) in [6.07, 6.45) is 1.56. The fourth-order valence-electron chi connectivity index (χ4n) is 2.96. The van der Waals surface area contributed by atoms with Crippen molar-refractivity contribution in [2.45, 2.75) is 6.92 Å². The van der Waals surface area contributed by atoms with Gasteiger partial charge in [0.1, 0.15) is 12.1 Å². The van der Waals surface area contributed by atoms with E-state index in [9.17, 15) is 9.59 Å². The number of aromatic nitrogens is 1. The summed E-state index contributed by atoms with van der Waals surface area (Å²) >= 11 is 0. The van der Waals surface area contributed by atoms with Crippen LogP contribution in [0.2, 0.25) is 0 Å². The van der Waals surface area contributed by atoms with Crippen LogP contribution >= 0.6 is 0 Å². The van der Waals surface area contributed by atoms with Gasteiger partial charge in [-0.1, -0.05) is 30.3 Å². The Morgan fingerprint density at radius 2 is 1.85 bits per heavy atom. The minimum absolute atomic E-state index is 0.137. The highest BCUT2D eigenvalue weighted by atomic mass is 16.5. The van der Waals surface area contributed by atoms with Gasteiger partial charge in [0, 0.05) is 11.9 Å². The van der Waals surface area contributed by atoms with Gasteiger partial charge in [-0.2, -0.15) is 0 Å². The summed E-state index contributed by atoms with van der Waals surface area (Å²) in [7, 11) is 0. The molecule has 1 aliphatic heterocycles. The zero-order valence-corrected chi connectivity index (χ0v) is 14.7. The molecule has 0 saturated heterocycles. The molecule has 0 spiro atoms. The highest BCUT2D eigenvalue weighted by Gasteiger charge is 2.30. The molecule has 0 saturated carbocycles. The summed E-state index contributed by atoms with van der Waals surface area (Å²) in [4.78, 5) is 31.3. The van der Waals surface area contributed by atoms with E-state index in [1.165, 1.54) is 4.90 Å². The molecule has 134 valence electrons. The van der Waals surface area contributed by atoms with Crippen LogP contribution in [0.4, 0.5) is 11.4 Å². The van der Waals surface area contributed by atoms with E-state index in [4.69, 9.17) is 4.74 Å². The van der Waals surface area contributed by atoms with Crippen molar-refractivity contribution in [1.29, 1.82) is 0 Å². The second kappa shape index (κ2) is 6.92. The van der Waals surface area contributed by atoms with E-state index in [1.54, 1.807) is 36.5 Å². The second-order valence-corrected chi connectivity index (χ2v) is 6.18. The topological polar surface area (TPSA) is 71.5 Å². The first-order chi connectivity index (χ1) is 13.1. The Balaban J connectivity index is 1.67. The van der Waals surface area contributed by atoms with E-state index < -0.39 is 0 Å². The van der Waals surface area contributed by atoms with Crippen molar-refractivity contribution in [3.8, 4) is 11.6 Å². The predicted molar refractivity (Wildman–Crippen MR) is 102 cm³/mol. The van der Waals surface area contributed by atoms with Crippen molar-refractivity contribution >= 4 is 23.2 Å². The number of benzene rings is 2. The molecule has 3 aromatic rings. The normalized spacial score (nSPS) is 12.5. The highest BCUT2D eigenvalue weighted by molar-refractivity contribution is 6.12. The van der Waals surface area contributed by atoms with Crippen LogP contribution in [-0.2, 0) is 4.79 Å². The van der Waals surface area contributed by atoms with E-state index in [0.717, 1.165) is 11.3 Å². The molecule has 1 aromatic heterocycles. The molecule has 0 atom stereocenters. The average Bonchev–Trinajstić information content (AvgIpc) is 2.79. The number of nitrogens with zero attached hydrogens (tertiary/aromatic N) is 2. The fourth-order valence-corrected chi connectivity index (χ4v) is 2.96. The predicted octanol–water partition coefficient (Wildman–Crippen LogP) is 3.78. The van der Waals surface area contributed by atoms with Crippen LogP contribution in [0.3, 0.4) is 0 Å². The van der Waals surface area contributed by atoms with Crippen LogP contribution in [0.5, 0.6) is 11.6 Å². The number of fused-ring (bicyclic) bond motifs is 2. The number of carbonyl (C=O) groups is 2. The minimum atomic E-state index is -0.331. The molecule has 6 nitrogen and oxygen atoms in total. The van der Waals surface area contributed by atoms with Crippen LogP contribution in [-0.4, -0.2) is 23.3 Å². The maximum atomic E-state index is 13.1. The Kier molecular flexibility index (Phi) is 4.30. The van der Waals surface area contributed by atoms with Gasteiger partial charge in [0.2, 0.25) is 11.8 Å². The standard InChI is InChI=1S/C21H17N3O3/c1-14-7-2-3-9-16(14)23-19(25)13-24-17-10-4-5-11-18(17)27-20-15(21(24)26)8-6-12-22-20/h2-12H,13H2,1H3,(H,23,25). The fraction of sp³-hybridized carbons (Fsp3) is 0.0952. The maximum Gasteiger partial charge on any atom is 0.264 e. The summed E-state index contributed by atoms with van der Waals surface area (Å²) in [6.45, 7) is 1.78. The molecule has 6 heteroatoms. The zero-order valence-electron chi connectivity index (χ0n) is 14.7. The third-order valence-electron chi connectivity index (χ3n) is 4.33. The molecule has 2 heterocycles. The molecule has 4 rings (SSSR count). The number of anilines is 2. The van der Waals surface area contributed by atoms with Crippen molar-refractivity contribution in [1.82, 2.24) is 4.98 Å². The Bertz CT molecular complexity index is 1030. The lowest BCUT2D eigenvalue weighted by molar-refractivity contribution is -0.114. The number of para-hydroxylation sites is 3. The summed E-state index contributed by atoms with van der Waals surface area (Å²) in [5.74, 6) is 0.0894. The molecule has 2 amide bonds. The average molecular weight is 359 g/mol. The van der Waals surface area contributed by atoms with Crippen LogP contribution in [0.1, 0.15) is 15.9 Å². The molecule has 0 aliphatic carbocycles. The molecule has 1 N–H and O–H groups in total. The van der Waals surface area contributed by atoms with Gasteiger partial charge in [0.15, 0.2) is 5.75 Å². The number of carbonyl (C=O) groups excluding carboxylic acids is 2. The molecule has 0 unspecified atom stereocenters. The van der Waals surface area contributed by atoms with Crippen molar-refractivity contribution in [2.75, 3.05) is 16.8 Å². The van der Waals surface area contributed by atoms with Crippen molar-refractivity contribution in [3.63, 3.8) is 0 Å². The number of amides is 2. The van der Waals surface area contributed by atoms with Gasteiger partial charge >= 0.3 is 0 Å². The van der Waals surface area contributed by atoms with E-state index in [1.807, 2.05) is 37.3 Å². The Morgan fingerprint density at radius 3 is 2.70 bits per heavy atom. The van der Waals surface area contributed by atoms with Crippen LogP contribution in [0.25, 0.3) is 0 Å². The Labute approximate surface area is 156 Å². The molecule has 0 fully saturated rings. The summed E-state index contributed by atoms with van der Waals surface area (Å²) < 4.78 is 5.82. The monoisotopic (exact) mass is 359 g/mol. The third kappa shape index (κ3) is 3.25. The van der Waals surface area contributed by atoms with E-state index in [2.05, 4.69) is 10.3 Å². The van der Waals surface area contributed by atoms with Gasteiger partial charge in [-0.3, -0.25) is 14.5 Å². The third-order valence-corrected chi connectivity index (χ3v) is 4.33. The molecular formula is C21H17N3O3. The molecule has 1 aliphatic rings.